The molecule has 0 spiro atoms. The average molecular weight is 1250 g/mol. The summed E-state index contributed by atoms with van der Waals surface area (Å²) in [4.78, 5) is 16.2. The minimum Gasteiger partial charge on any atom is -0.399 e. The molecule has 1 fully saturated rings. The quantitative estimate of drug-likeness (QED) is 0.0394. The van der Waals surface area contributed by atoms with Gasteiger partial charge in [-0.05, 0) is 173 Å². The molecule has 0 N–H and O–H groups in total. The molecule has 478 valence electrons. The number of alkyl halides is 12. The maximum absolute atomic E-state index is 13.7. The summed E-state index contributed by atoms with van der Waals surface area (Å²) < 4.78 is 194. The van der Waals surface area contributed by atoms with Crippen LogP contribution < -0.4 is 5.46 Å². The number of hydrogen-bond acceptors (Lipinski definition) is 8. The van der Waals surface area contributed by atoms with Gasteiger partial charge >= 0.3 is 49.2 Å². The van der Waals surface area contributed by atoms with Gasteiger partial charge in [-0.25, -0.2) is 0 Å². The van der Waals surface area contributed by atoms with Crippen molar-refractivity contribution < 1.29 is 90.5 Å². The predicted molar refractivity (Wildman–Crippen MR) is 312 cm³/mol. The van der Waals surface area contributed by atoms with Crippen molar-refractivity contribution in [1.29, 1.82) is 0 Å². The van der Waals surface area contributed by atoms with Crippen LogP contribution in [0.2, 0.25) is 0 Å². The molecule has 1 heterocycles. The number of carbonyl (C=O) groups excluding carboxylic acids is 2. The van der Waals surface area contributed by atoms with E-state index in [0.717, 1.165) is 83.5 Å². The fourth-order valence-electron chi connectivity index (χ4n) is 10.7. The van der Waals surface area contributed by atoms with Gasteiger partial charge in [0.25, 0.3) is 0 Å². The van der Waals surface area contributed by atoms with Crippen molar-refractivity contribution in [3.63, 3.8) is 0 Å². The largest absolute Gasteiger partial charge is 0.495 e. The Kier molecular flexibility index (Phi) is 24.4. The van der Waals surface area contributed by atoms with Crippen molar-refractivity contribution in [2.24, 2.45) is 0 Å². The van der Waals surface area contributed by atoms with Crippen LogP contribution >= 0.6 is 0 Å². The molecule has 5 aromatic carbocycles. The molecular weight excluding hydrogens is 1170 g/mol. The summed E-state index contributed by atoms with van der Waals surface area (Å²) in [6.07, 6.45) is -19.3. The van der Waals surface area contributed by atoms with Gasteiger partial charge < -0.3 is 28.3 Å². The molecule has 1 aliphatic rings. The van der Waals surface area contributed by atoms with E-state index < -0.39 is 78.6 Å². The second kappa shape index (κ2) is 29.0. The van der Waals surface area contributed by atoms with Crippen LogP contribution in [0.1, 0.15) is 149 Å². The Balaban J connectivity index is 0.000000360. The Hall–Kier alpha value is -6.42. The highest BCUT2D eigenvalue weighted by Gasteiger charge is 2.73. The van der Waals surface area contributed by atoms with E-state index in [0.29, 0.717) is 24.0 Å². The maximum Gasteiger partial charge on any atom is 0.495 e. The van der Waals surface area contributed by atoms with E-state index in [4.69, 9.17) is 18.9 Å². The number of ether oxygens (including phenoxy) is 4. The molecule has 0 amide bonds. The predicted octanol–water partition coefficient (Wildman–Crippen LogP) is 16.4. The van der Waals surface area contributed by atoms with Gasteiger partial charge in [0.15, 0.2) is 0 Å². The Morgan fingerprint density at radius 3 is 1.09 bits per heavy atom. The van der Waals surface area contributed by atoms with Gasteiger partial charge in [-0.15, -0.1) is 0 Å². The van der Waals surface area contributed by atoms with Crippen molar-refractivity contribution in [3.8, 4) is 34.8 Å². The molecule has 1 aliphatic heterocycles. The van der Waals surface area contributed by atoms with Gasteiger partial charge in [0.1, 0.15) is 13.6 Å². The third-order valence-corrected chi connectivity index (χ3v) is 16.9. The van der Waals surface area contributed by atoms with Crippen molar-refractivity contribution >= 4 is 18.7 Å². The topological polar surface area (TPSA) is 89.5 Å². The highest BCUT2D eigenvalue weighted by molar-refractivity contribution is 6.62. The molecule has 0 saturated carbocycles. The first-order valence-electron chi connectivity index (χ1n) is 28.3. The summed E-state index contributed by atoms with van der Waals surface area (Å²) in [5.41, 5.74) is 0.0938. The molecule has 0 atom stereocenters. The van der Waals surface area contributed by atoms with Gasteiger partial charge in [-0.3, -0.25) is 0 Å². The number of rotatable bonds is 17. The molecule has 0 radical (unpaired) electrons. The second-order valence-electron chi connectivity index (χ2n) is 22.4. The molecule has 5 aromatic rings. The van der Waals surface area contributed by atoms with Crippen LogP contribution in [0.4, 0.5) is 52.7 Å². The summed E-state index contributed by atoms with van der Waals surface area (Å²) in [7, 11) is 1.33. The van der Waals surface area contributed by atoms with Gasteiger partial charge in [0, 0.05) is 36.2 Å². The standard InChI is InChI=1S/C34H36F6O2.C32H39BF6O4.CO2/c1-7-25-10-12-27(13-11-25)30-17-16-29(21-24(30)5)31(8-2,9-3)28-15-14-26(23(4)20-28)18-19-32(33(35,36)37,34(38,39)40)42-22-41-6;1-10-29(11-2,25-14-15-26(22(4)19-25)33-42-27(5,6)28(7,8)43-33)24-13-12-23(21(3)18-24)16-17-30(31(34,35)36,32(37,38)39)41-20-40-9;2-1-3/h10-17,20-21H,7-9,22H2,1-6H3;12-15,18-19H,10-11,20H2,1-9H3;. The van der Waals surface area contributed by atoms with E-state index in [1.807, 2.05) is 60.6 Å². The van der Waals surface area contributed by atoms with Crippen LogP contribution in [0.3, 0.4) is 0 Å². The lowest BCUT2D eigenvalue weighted by molar-refractivity contribution is -0.368. The molecule has 0 unspecified atom stereocenters. The first-order chi connectivity index (χ1) is 40.8. The van der Waals surface area contributed by atoms with Crippen molar-refractivity contribution in [3.05, 3.63) is 158 Å². The summed E-state index contributed by atoms with van der Waals surface area (Å²) in [5.74, 6) is 6.90. The number of halogens is 12. The third-order valence-electron chi connectivity index (χ3n) is 16.9. The molecular formula is C67H75BF12O8. The van der Waals surface area contributed by atoms with Crippen LogP contribution in [0.25, 0.3) is 11.1 Å². The Morgan fingerprint density at radius 2 is 0.795 bits per heavy atom. The zero-order valence-corrected chi connectivity index (χ0v) is 52.1. The van der Waals surface area contributed by atoms with E-state index in [1.165, 1.54) is 29.5 Å². The summed E-state index contributed by atoms with van der Waals surface area (Å²) in [5, 5.41) is 0. The van der Waals surface area contributed by atoms with Gasteiger partial charge in [-0.1, -0.05) is 137 Å². The van der Waals surface area contributed by atoms with Crippen molar-refractivity contribution in [2.45, 2.75) is 180 Å². The van der Waals surface area contributed by atoms with Crippen molar-refractivity contribution in [1.82, 2.24) is 0 Å². The van der Waals surface area contributed by atoms with E-state index in [2.05, 4.69) is 107 Å². The Morgan fingerprint density at radius 1 is 0.466 bits per heavy atom. The van der Waals surface area contributed by atoms with E-state index in [1.54, 1.807) is 38.1 Å². The lowest BCUT2D eigenvalue weighted by atomic mass is 9.68. The summed E-state index contributed by atoms with van der Waals surface area (Å²) >= 11 is 0. The molecule has 6 rings (SSSR count). The minimum atomic E-state index is -5.85. The van der Waals surface area contributed by atoms with Gasteiger partial charge in [-0.2, -0.15) is 62.3 Å². The molecule has 0 bridgehead atoms. The number of benzene rings is 5. The zero-order chi connectivity index (χ0) is 66.7. The van der Waals surface area contributed by atoms with E-state index >= 15 is 0 Å². The first-order valence-corrected chi connectivity index (χ1v) is 28.3. The highest BCUT2D eigenvalue weighted by atomic mass is 19.4. The van der Waals surface area contributed by atoms with Gasteiger partial charge in [0.05, 0.1) is 11.2 Å². The Labute approximate surface area is 508 Å². The third kappa shape index (κ3) is 15.4. The molecule has 0 aromatic heterocycles. The smallest absolute Gasteiger partial charge is 0.399 e. The first kappa shape index (κ1) is 74.1. The van der Waals surface area contributed by atoms with Crippen LogP contribution in [0.15, 0.2) is 97.1 Å². The van der Waals surface area contributed by atoms with E-state index in [-0.39, 0.29) is 17.3 Å². The summed E-state index contributed by atoms with van der Waals surface area (Å²) in [6.45, 7) is 23.1. The van der Waals surface area contributed by atoms with Crippen LogP contribution in [0.5, 0.6) is 0 Å². The van der Waals surface area contributed by atoms with Crippen LogP contribution in [-0.2, 0) is 55.1 Å². The fraction of sp³-hybridized carbons (Fsp3) is 0.478. The molecule has 1 saturated heterocycles. The van der Waals surface area contributed by atoms with Crippen molar-refractivity contribution in [2.75, 3.05) is 27.8 Å². The normalized spacial score (nSPS) is 14.5. The molecule has 88 heavy (non-hydrogen) atoms. The zero-order valence-electron chi connectivity index (χ0n) is 52.1. The van der Waals surface area contributed by atoms with Gasteiger partial charge in [0.2, 0.25) is 0 Å². The number of methoxy groups -OCH3 is 2. The molecule has 21 heteroatoms. The molecule has 8 nitrogen and oxygen atoms in total. The maximum atomic E-state index is 13.7. The number of hydrogen-bond donors (Lipinski definition) is 0. The fourth-order valence-corrected chi connectivity index (χ4v) is 10.7. The monoisotopic (exact) mass is 1250 g/mol. The van der Waals surface area contributed by atoms with Crippen LogP contribution in [0, 0.1) is 51.4 Å². The molecule has 0 aliphatic carbocycles. The number of aryl methyl sites for hydroxylation is 5. The minimum absolute atomic E-state index is 0.0241. The summed E-state index contributed by atoms with van der Waals surface area (Å²) in [6, 6.07) is 30.9. The lowest BCUT2D eigenvalue weighted by Crippen LogP contribution is -2.58. The highest BCUT2D eigenvalue weighted by Crippen LogP contribution is 2.48. The Bertz CT molecular complexity index is 3280. The SMILES string of the molecule is CCC(CC)(c1ccc(C#CC(OCOC)(C(F)(F)F)C(F)(F)F)c(C)c1)c1ccc(B2OC(C)(C)C(C)(C)O2)c(C)c1.CCc1ccc(-c2ccc(C(CC)(CC)c3ccc(C#CC(OCOC)(C(F)(F)F)C(F)(F)F)c(C)c3)cc2C)cc1.O=C=O. The average Bonchev–Trinajstić information content (AvgIpc) is 1.74. The second-order valence-corrected chi connectivity index (χ2v) is 22.4. The van der Waals surface area contributed by atoms with Crippen LogP contribution in [-0.4, -0.2) is 88.2 Å². The lowest BCUT2D eigenvalue weighted by Gasteiger charge is -2.34. The van der Waals surface area contributed by atoms with E-state index in [9.17, 15) is 52.7 Å².